The van der Waals surface area contributed by atoms with Crippen molar-refractivity contribution in [2.24, 2.45) is 5.73 Å². The predicted octanol–water partition coefficient (Wildman–Crippen LogP) is 2.97. The van der Waals surface area contributed by atoms with Crippen molar-refractivity contribution < 1.29 is 9.47 Å². The molecule has 1 rings (SSSR count). The Hall–Kier alpha value is -0.740. The van der Waals surface area contributed by atoms with E-state index in [2.05, 4.69) is 15.9 Å². The Morgan fingerprint density at radius 1 is 1.25 bits per heavy atom. The van der Waals surface area contributed by atoms with Crippen molar-refractivity contribution >= 4 is 15.9 Å². The van der Waals surface area contributed by atoms with E-state index in [9.17, 15) is 0 Å². The van der Waals surface area contributed by atoms with E-state index in [0.29, 0.717) is 0 Å². The first-order chi connectivity index (χ1) is 7.32. The van der Waals surface area contributed by atoms with Gasteiger partial charge in [-0.2, -0.15) is 0 Å². The smallest absolute Gasteiger partial charge is 0.138 e. The molecule has 0 radical (unpaired) electrons. The van der Waals surface area contributed by atoms with Crippen LogP contribution in [0.5, 0.6) is 11.5 Å². The van der Waals surface area contributed by atoms with Crippen LogP contribution in [0.25, 0.3) is 0 Å². The monoisotopic (exact) mass is 287 g/mol. The van der Waals surface area contributed by atoms with Crippen molar-refractivity contribution in [2.75, 3.05) is 14.2 Å². The van der Waals surface area contributed by atoms with E-state index < -0.39 is 5.54 Å². The van der Waals surface area contributed by atoms with Crippen LogP contribution >= 0.6 is 15.9 Å². The predicted molar refractivity (Wildman–Crippen MR) is 69.2 cm³/mol. The molecule has 16 heavy (non-hydrogen) atoms. The highest BCUT2D eigenvalue weighted by molar-refractivity contribution is 9.10. The zero-order chi connectivity index (χ0) is 12.5. The molecule has 4 heteroatoms. The molecule has 90 valence electrons. The summed E-state index contributed by atoms with van der Waals surface area (Å²) in [4.78, 5) is 0. The molecule has 2 N–H and O–H groups in total. The number of hydrogen-bond acceptors (Lipinski definition) is 3. The van der Waals surface area contributed by atoms with Gasteiger partial charge in [0.15, 0.2) is 0 Å². The molecule has 0 aliphatic carbocycles. The van der Waals surface area contributed by atoms with Gasteiger partial charge in [-0.3, -0.25) is 0 Å². The van der Waals surface area contributed by atoms with Gasteiger partial charge in [0, 0.05) is 16.7 Å². The Kier molecular flexibility index (Phi) is 3.86. The average Bonchev–Trinajstić information content (AvgIpc) is 2.20. The number of rotatable bonds is 3. The fraction of sp³-hybridized carbons (Fsp3) is 0.500. The topological polar surface area (TPSA) is 44.5 Å². The van der Waals surface area contributed by atoms with Gasteiger partial charge in [0.25, 0.3) is 0 Å². The number of halogens is 1. The summed E-state index contributed by atoms with van der Waals surface area (Å²) < 4.78 is 11.6. The summed E-state index contributed by atoms with van der Waals surface area (Å²) in [6.45, 7) is 5.84. The molecule has 0 heterocycles. The summed E-state index contributed by atoms with van der Waals surface area (Å²) >= 11 is 3.51. The minimum atomic E-state index is -0.477. The third-order valence-corrected chi connectivity index (χ3v) is 3.49. The molecular weight excluding hydrogens is 270 g/mol. The number of nitrogens with two attached hydrogens (primary N) is 1. The van der Waals surface area contributed by atoms with Crippen molar-refractivity contribution in [3.05, 3.63) is 21.7 Å². The highest BCUT2D eigenvalue weighted by Crippen LogP contribution is 2.41. The summed E-state index contributed by atoms with van der Waals surface area (Å²) in [6.07, 6.45) is 0. The van der Waals surface area contributed by atoms with Crippen molar-refractivity contribution in [2.45, 2.75) is 26.3 Å². The Balaban J connectivity index is 3.54. The Bertz CT molecular complexity index is 397. The molecule has 0 fully saturated rings. The van der Waals surface area contributed by atoms with Crippen molar-refractivity contribution in [3.8, 4) is 11.5 Å². The van der Waals surface area contributed by atoms with Crippen LogP contribution in [-0.2, 0) is 5.54 Å². The largest absolute Gasteiger partial charge is 0.496 e. The summed E-state index contributed by atoms with van der Waals surface area (Å²) in [5.41, 5.74) is 7.57. The van der Waals surface area contributed by atoms with Crippen molar-refractivity contribution in [1.82, 2.24) is 0 Å². The number of benzene rings is 1. The van der Waals surface area contributed by atoms with E-state index >= 15 is 0 Å². The van der Waals surface area contributed by atoms with E-state index in [-0.39, 0.29) is 0 Å². The lowest BCUT2D eigenvalue weighted by molar-refractivity contribution is 0.380. The molecule has 3 nitrogen and oxygen atoms in total. The zero-order valence-electron chi connectivity index (χ0n) is 10.3. The molecule has 0 aliphatic rings. The van der Waals surface area contributed by atoms with Gasteiger partial charge >= 0.3 is 0 Å². The van der Waals surface area contributed by atoms with Crippen LogP contribution in [0.3, 0.4) is 0 Å². The average molecular weight is 288 g/mol. The zero-order valence-corrected chi connectivity index (χ0v) is 11.9. The summed E-state index contributed by atoms with van der Waals surface area (Å²) in [5, 5.41) is 0. The normalized spacial score (nSPS) is 11.4. The van der Waals surface area contributed by atoms with Crippen molar-refractivity contribution in [1.29, 1.82) is 0 Å². The highest BCUT2D eigenvalue weighted by atomic mass is 79.9. The van der Waals surface area contributed by atoms with E-state index in [1.165, 1.54) is 0 Å². The van der Waals surface area contributed by atoms with Gasteiger partial charge < -0.3 is 15.2 Å². The van der Waals surface area contributed by atoms with Crippen LogP contribution in [-0.4, -0.2) is 14.2 Å². The quantitative estimate of drug-likeness (QED) is 0.930. The second-order valence-corrected chi connectivity index (χ2v) is 5.11. The molecule has 0 bridgehead atoms. The third kappa shape index (κ3) is 2.33. The second-order valence-electron chi connectivity index (χ2n) is 4.32. The fourth-order valence-corrected chi connectivity index (χ4v) is 2.16. The van der Waals surface area contributed by atoms with Gasteiger partial charge in [0.1, 0.15) is 11.5 Å². The number of ether oxygens (including phenoxy) is 2. The maximum absolute atomic E-state index is 6.12. The van der Waals surface area contributed by atoms with Crippen molar-refractivity contribution in [3.63, 3.8) is 0 Å². The van der Waals surface area contributed by atoms with Crippen LogP contribution in [0.15, 0.2) is 10.5 Å². The van der Waals surface area contributed by atoms with Crippen LogP contribution in [0.2, 0.25) is 0 Å². The summed E-state index contributed by atoms with van der Waals surface area (Å²) in [6, 6.07) is 1.93. The SMILES string of the molecule is COc1cc(C(C)(C)N)c(OC)c(Br)c1C. The molecule has 0 aromatic heterocycles. The van der Waals surface area contributed by atoms with Gasteiger partial charge in [-0.15, -0.1) is 0 Å². The summed E-state index contributed by atoms with van der Waals surface area (Å²) in [5.74, 6) is 1.58. The van der Waals surface area contributed by atoms with E-state index in [1.807, 2.05) is 26.8 Å². The standard InChI is InChI=1S/C12H18BrNO2/c1-7-9(15-4)6-8(12(2,3)14)11(16-5)10(7)13/h6H,14H2,1-5H3. The lowest BCUT2D eigenvalue weighted by Crippen LogP contribution is -2.29. The van der Waals surface area contributed by atoms with E-state index in [1.54, 1.807) is 14.2 Å². The second kappa shape index (κ2) is 4.63. The van der Waals surface area contributed by atoms with Gasteiger partial charge in [0.2, 0.25) is 0 Å². The maximum Gasteiger partial charge on any atom is 0.138 e. The molecule has 0 aliphatic heterocycles. The fourth-order valence-electron chi connectivity index (χ4n) is 1.59. The Morgan fingerprint density at radius 3 is 2.19 bits per heavy atom. The van der Waals surface area contributed by atoms with Gasteiger partial charge in [-0.1, -0.05) is 0 Å². The molecule has 0 amide bonds. The third-order valence-electron chi connectivity index (χ3n) is 2.54. The lowest BCUT2D eigenvalue weighted by atomic mass is 9.93. The molecule has 0 spiro atoms. The van der Waals surface area contributed by atoms with Crippen LogP contribution in [0, 0.1) is 6.92 Å². The molecule has 0 unspecified atom stereocenters. The molecular formula is C12H18BrNO2. The van der Waals surface area contributed by atoms with E-state index in [4.69, 9.17) is 15.2 Å². The van der Waals surface area contributed by atoms with Gasteiger partial charge in [-0.05, 0) is 42.8 Å². The molecule has 0 saturated heterocycles. The van der Waals surface area contributed by atoms with Gasteiger partial charge in [0.05, 0.1) is 18.7 Å². The number of hydrogen-bond donors (Lipinski definition) is 1. The molecule has 1 aromatic carbocycles. The molecule has 0 atom stereocenters. The summed E-state index contributed by atoms with van der Waals surface area (Å²) in [7, 11) is 3.29. The lowest BCUT2D eigenvalue weighted by Gasteiger charge is -2.24. The first-order valence-corrected chi connectivity index (χ1v) is 5.82. The molecule has 0 saturated carbocycles. The van der Waals surface area contributed by atoms with Crippen LogP contribution < -0.4 is 15.2 Å². The Labute approximate surface area is 105 Å². The van der Waals surface area contributed by atoms with Crippen LogP contribution in [0.4, 0.5) is 0 Å². The minimum Gasteiger partial charge on any atom is -0.496 e. The van der Waals surface area contributed by atoms with Crippen LogP contribution in [0.1, 0.15) is 25.0 Å². The minimum absolute atomic E-state index is 0.477. The maximum atomic E-state index is 6.12. The first kappa shape index (κ1) is 13.3. The Morgan fingerprint density at radius 2 is 1.81 bits per heavy atom. The highest BCUT2D eigenvalue weighted by Gasteiger charge is 2.24. The van der Waals surface area contributed by atoms with E-state index in [0.717, 1.165) is 27.1 Å². The van der Waals surface area contributed by atoms with Gasteiger partial charge in [-0.25, -0.2) is 0 Å². The number of methoxy groups -OCH3 is 2. The molecule has 1 aromatic rings. The first-order valence-electron chi connectivity index (χ1n) is 5.03.